The molecular formula is C23H23F7N2O2S. The molecule has 3 N–H and O–H groups in total. The van der Waals surface area contributed by atoms with Crippen LogP contribution in [0.3, 0.4) is 0 Å². The fourth-order valence-corrected chi connectivity index (χ4v) is 4.58. The van der Waals surface area contributed by atoms with E-state index in [2.05, 4.69) is 5.32 Å². The van der Waals surface area contributed by atoms with Gasteiger partial charge in [-0.25, -0.2) is 4.39 Å². The van der Waals surface area contributed by atoms with Crippen LogP contribution in [0.1, 0.15) is 51.3 Å². The van der Waals surface area contributed by atoms with Crippen LogP contribution in [0.5, 0.6) is 0 Å². The predicted molar refractivity (Wildman–Crippen MR) is 120 cm³/mol. The van der Waals surface area contributed by atoms with Crippen molar-refractivity contribution in [3.63, 3.8) is 0 Å². The zero-order valence-corrected chi connectivity index (χ0v) is 19.9. The number of amides is 2. The van der Waals surface area contributed by atoms with Crippen molar-refractivity contribution in [3.05, 3.63) is 64.2 Å². The van der Waals surface area contributed by atoms with Crippen LogP contribution in [0, 0.1) is 6.92 Å². The number of primary amides is 1. The molecule has 2 aromatic carbocycles. The first-order valence-electron chi connectivity index (χ1n) is 10.1. The van der Waals surface area contributed by atoms with E-state index < -0.39 is 40.8 Å². The average molecular weight is 525 g/mol. The van der Waals surface area contributed by atoms with E-state index in [-0.39, 0.29) is 22.4 Å². The summed E-state index contributed by atoms with van der Waals surface area (Å²) in [6.07, 6.45) is -10.7. The minimum Gasteiger partial charge on any atom is -0.366 e. The molecule has 0 heterocycles. The van der Waals surface area contributed by atoms with E-state index in [1.54, 1.807) is 6.07 Å². The maximum Gasteiger partial charge on any atom is 0.435 e. The maximum absolute atomic E-state index is 14.3. The van der Waals surface area contributed by atoms with Gasteiger partial charge in [0.1, 0.15) is 0 Å². The summed E-state index contributed by atoms with van der Waals surface area (Å²) in [5.74, 6) is -1.17. The second-order valence-corrected chi connectivity index (χ2v) is 9.41. The highest BCUT2D eigenvalue weighted by Gasteiger charge is 2.73. The number of hydrogen-bond donors (Lipinski definition) is 2. The normalized spacial score (nSPS) is 13.0. The quantitative estimate of drug-likeness (QED) is 0.419. The summed E-state index contributed by atoms with van der Waals surface area (Å²) < 4.78 is 92.6. The molecule has 2 rings (SSSR count). The number of hydrogen-bond acceptors (Lipinski definition) is 3. The monoisotopic (exact) mass is 524 g/mol. The van der Waals surface area contributed by atoms with Crippen LogP contribution in [0.25, 0.3) is 0 Å². The van der Waals surface area contributed by atoms with Crippen molar-refractivity contribution in [1.29, 1.82) is 0 Å². The Hall–Kier alpha value is -2.76. The van der Waals surface area contributed by atoms with E-state index in [9.17, 15) is 40.3 Å². The summed E-state index contributed by atoms with van der Waals surface area (Å²) >= 11 is 1.51. The van der Waals surface area contributed by atoms with Crippen molar-refractivity contribution in [2.24, 2.45) is 5.73 Å². The van der Waals surface area contributed by atoms with Gasteiger partial charge in [-0.05, 0) is 41.9 Å². The number of alkyl halides is 7. The molecular weight excluding hydrogens is 501 g/mol. The van der Waals surface area contributed by atoms with E-state index in [1.807, 2.05) is 20.1 Å². The van der Waals surface area contributed by atoms with E-state index in [4.69, 9.17) is 5.73 Å². The number of anilines is 1. The van der Waals surface area contributed by atoms with Gasteiger partial charge in [0.15, 0.2) is 0 Å². The first-order valence-corrected chi connectivity index (χ1v) is 11.4. The molecule has 0 spiro atoms. The minimum atomic E-state index is -6.26. The van der Waals surface area contributed by atoms with Gasteiger partial charge in [0.2, 0.25) is 5.91 Å². The van der Waals surface area contributed by atoms with Crippen molar-refractivity contribution in [3.8, 4) is 0 Å². The summed E-state index contributed by atoms with van der Waals surface area (Å²) in [6, 6.07) is 5.89. The van der Waals surface area contributed by atoms with Crippen molar-refractivity contribution in [2.45, 2.75) is 44.2 Å². The van der Waals surface area contributed by atoms with Crippen molar-refractivity contribution in [2.75, 3.05) is 17.3 Å². The van der Waals surface area contributed by atoms with E-state index in [1.165, 1.54) is 23.9 Å². The van der Waals surface area contributed by atoms with Crippen LogP contribution in [0.15, 0.2) is 36.4 Å². The fraction of sp³-hybridized carbons (Fsp3) is 0.391. The first kappa shape index (κ1) is 28.5. The first-order chi connectivity index (χ1) is 15.9. The highest BCUT2D eigenvalue weighted by atomic mass is 32.2. The number of thioether (sulfide) groups is 1. The van der Waals surface area contributed by atoms with Gasteiger partial charge in [-0.3, -0.25) is 9.59 Å². The zero-order chi connectivity index (χ0) is 27.0. The number of carbonyl (C=O) groups excluding carboxylic acids is 2. The lowest BCUT2D eigenvalue weighted by Gasteiger charge is -2.30. The van der Waals surface area contributed by atoms with Crippen LogP contribution in [-0.2, 0) is 11.1 Å². The molecule has 0 bridgehead atoms. The van der Waals surface area contributed by atoms with Gasteiger partial charge in [-0.15, -0.1) is 0 Å². The predicted octanol–water partition coefficient (Wildman–Crippen LogP) is 6.28. The Balaban J connectivity index is 2.52. The lowest BCUT2D eigenvalue weighted by atomic mass is 9.81. The Bertz CT molecular complexity index is 1110. The van der Waals surface area contributed by atoms with E-state index >= 15 is 0 Å². The number of aryl methyl sites for hydroxylation is 1. The molecule has 0 aliphatic rings. The van der Waals surface area contributed by atoms with Gasteiger partial charge in [0.25, 0.3) is 5.91 Å². The second-order valence-electron chi connectivity index (χ2n) is 8.55. The SMILES string of the molecule is CSCC(C)(C)c1cccc(C(=O)Nc2ccc(C(F)(C(F)(F)F)C(F)(F)F)cc2C)c1C(N)=O. The number of rotatable bonds is 7. The highest BCUT2D eigenvalue weighted by Crippen LogP contribution is 2.53. The number of benzene rings is 2. The second kappa shape index (κ2) is 9.71. The average Bonchev–Trinajstić information content (AvgIpc) is 2.72. The third kappa shape index (κ3) is 5.41. The molecule has 2 amide bonds. The Morgan fingerprint density at radius 1 is 0.971 bits per heavy atom. The largest absolute Gasteiger partial charge is 0.435 e. The third-order valence-corrected chi connectivity index (χ3v) is 6.45. The third-order valence-electron chi connectivity index (χ3n) is 5.44. The maximum atomic E-state index is 14.3. The van der Waals surface area contributed by atoms with Gasteiger partial charge >= 0.3 is 18.0 Å². The molecule has 35 heavy (non-hydrogen) atoms. The molecule has 0 aliphatic carbocycles. The van der Waals surface area contributed by atoms with E-state index in [0.29, 0.717) is 23.4 Å². The van der Waals surface area contributed by atoms with Crippen molar-refractivity contribution in [1.82, 2.24) is 0 Å². The molecule has 2 aromatic rings. The summed E-state index contributed by atoms with van der Waals surface area (Å²) in [4.78, 5) is 25.2. The molecule has 0 atom stereocenters. The molecule has 0 saturated heterocycles. The number of halogens is 7. The number of nitrogens with one attached hydrogen (secondary N) is 1. The summed E-state index contributed by atoms with van der Waals surface area (Å²) in [5, 5.41) is 2.35. The van der Waals surface area contributed by atoms with Crippen molar-refractivity contribution < 1.29 is 40.3 Å². The highest BCUT2D eigenvalue weighted by molar-refractivity contribution is 7.98. The van der Waals surface area contributed by atoms with Crippen LogP contribution >= 0.6 is 11.8 Å². The van der Waals surface area contributed by atoms with Crippen LogP contribution < -0.4 is 11.1 Å². The topological polar surface area (TPSA) is 72.2 Å². The standard InChI is InChI=1S/C23H23F7N2O2S/c1-12-10-13(21(24,22(25,26)27)23(28,29)30)8-9-16(12)32-19(34)14-6-5-7-15(17(14)18(31)33)20(2,3)11-35-4/h5-10H,11H2,1-4H3,(H2,31,33)(H,32,34). The summed E-state index contributed by atoms with van der Waals surface area (Å²) in [6.45, 7) is 4.81. The number of nitrogens with two attached hydrogens (primary N) is 1. The lowest BCUT2D eigenvalue weighted by molar-refractivity contribution is -0.348. The Morgan fingerprint density at radius 2 is 1.54 bits per heavy atom. The fourth-order valence-electron chi connectivity index (χ4n) is 3.71. The number of carbonyl (C=O) groups is 2. The zero-order valence-electron chi connectivity index (χ0n) is 19.1. The Kier molecular flexibility index (Phi) is 7.90. The molecule has 0 radical (unpaired) electrons. The van der Waals surface area contributed by atoms with Gasteiger partial charge in [-0.2, -0.15) is 38.1 Å². The van der Waals surface area contributed by atoms with Crippen molar-refractivity contribution >= 4 is 29.3 Å². The van der Waals surface area contributed by atoms with Gasteiger partial charge in [-0.1, -0.05) is 38.1 Å². The molecule has 4 nitrogen and oxygen atoms in total. The van der Waals surface area contributed by atoms with Crippen LogP contribution in [-0.4, -0.2) is 36.2 Å². The molecule has 0 fully saturated rings. The molecule has 12 heteroatoms. The van der Waals surface area contributed by atoms with Gasteiger partial charge in [0, 0.05) is 17.0 Å². The van der Waals surface area contributed by atoms with Crippen LogP contribution in [0.4, 0.5) is 36.4 Å². The minimum absolute atomic E-state index is 0.0600. The van der Waals surface area contributed by atoms with Crippen LogP contribution in [0.2, 0.25) is 0 Å². The van der Waals surface area contributed by atoms with Gasteiger partial charge < -0.3 is 11.1 Å². The molecule has 0 saturated carbocycles. The molecule has 192 valence electrons. The Morgan fingerprint density at radius 3 is 2.00 bits per heavy atom. The smallest absolute Gasteiger partial charge is 0.366 e. The van der Waals surface area contributed by atoms with Gasteiger partial charge in [0.05, 0.1) is 11.1 Å². The molecule has 0 aromatic heterocycles. The molecule has 0 aliphatic heterocycles. The summed E-state index contributed by atoms with van der Waals surface area (Å²) in [7, 11) is 0. The lowest BCUT2D eigenvalue weighted by Crippen LogP contribution is -2.50. The summed E-state index contributed by atoms with van der Waals surface area (Å²) in [5.41, 5.74) is -2.41. The Labute approximate surface area is 201 Å². The van der Waals surface area contributed by atoms with E-state index in [0.717, 1.165) is 13.0 Å². The molecule has 0 unspecified atom stereocenters.